The van der Waals surface area contributed by atoms with Crippen LogP contribution in [0.25, 0.3) is 0 Å². The van der Waals surface area contributed by atoms with E-state index in [4.69, 9.17) is 4.74 Å². The SMILES string of the molecule is CCC(=O)Nc1cccc(NC(=O)c2ccc(OC(C)C)cc2)c1C. The van der Waals surface area contributed by atoms with Crippen LogP contribution in [0.4, 0.5) is 11.4 Å². The maximum Gasteiger partial charge on any atom is 0.255 e. The first kappa shape index (κ1) is 18.5. The summed E-state index contributed by atoms with van der Waals surface area (Å²) in [5.41, 5.74) is 2.72. The Hall–Kier alpha value is -2.82. The fraction of sp³-hybridized carbons (Fsp3) is 0.300. The largest absolute Gasteiger partial charge is 0.491 e. The lowest BCUT2D eigenvalue weighted by Crippen LogP contribution is -2.15. The summed E-state index contributed by atoms with van der Waals surface area (Å²) >= 11 is 0. The van der Waals surface area contributed by atoms with Crippen molar-refractivity contribution in [2.24, 2.45) is 0 Å². The third-order valence-corrected chi connectivity index (χ3v) is 3.67. The summed E-state index contributed by atoms with van der Waals surface area (Å²) in [6.07, 6.45) is 0.490. The number of nitrogens with one attached hydrogen (secondary N) is 2. The Morgan fingerprint density at radius 1 is 1.00 bits per heavy atom. The Morgan fingerprint density at radius 3 is 2.16 bits per heavy atom. The molecule has 0 saturated heterocycles. The molecule has 0 bridgehead atoms. The molecule has 2 amide bonds. The van der Waals surface area contributed by atoms with Crippen molar-refractivity contribution in [2.75, 3.05) is 10.6 Å². The molecule has 25 heavy (non-hydrogen) atoms. The zero-order chi connectivity index (χ0) is 18.4. The molecule has 2 aromatic carbocycles. The van der Waals surface area contributed by atoms with Crippen molar-refractivity contribution in [3.63, 3.8) is 0 Å². The molecule has 0 aliphatic heterocycles. The average molecular weight is 340 g/mol. The normalized spacial score (nSPS) is 10.4. The van der Waals surface area contributed by atoms with Gasteiger partial charge in [-0.15, -0.1) is 0 Å². The first-order valence-corrected chi connectivity index (χ1v) is 8.38. The van der Waals surface area contributed by atoms with Gasteiger partial charge in [0.05, 0.1) is 6.10 Å². The standard InChI is InChI=1S/C20H24N2O3/c1-5-19(23)21-17-7-6-8-18(14(17)4)22-20(24)15-9-11-16(12-10-15)25-13(2)3/h6-13H,5H2,1-4H3,(H,21,23)(H,22,24). The van der Waals surface area contributed by atoms with Gasteiger partial charge in [-0.05, 0) is 62.7 Å². The Morgan fingerprint density at radius 2 is 1.60 bits per heavy atom. The van der Waals surface area contributed by atoms with Crippen LogP contribution in [0.3, 0.4) is 0 Å². The third-order valence-electron chi connectivity index (χ3n) is 3.67. The van der Waals surface area contributed by atoms with Crippen molar-refractivity contribution in [3.05, 3.63) is 53.6 Å². The second-order valence-electron chi connectivity index (χ2n) is 6.02. The number of hydrogen-bond acceptors (Lipinski definition) is 3. The van der Waals surface area contributed by atoms with Gasteiger partial charge in [0.2, 0.25) is 5.91 Å². The molecule has 0 aliphatic rings. The Kier molecular flexibility index (Phi) is 6.17. The molecule has 0 saturated carbocycles. The van der Waals surface area contributed by atoms with Crippen LogP contribution in [0, 0.1) is 6.92 Å². The van der Waals surface area contributed by atoms with E-state index in [0.717, 1.165) is 11.3 Å². The molecule has 5 nitrogen and oxygen atoms in total. The lowest BCUT2D eigenvalue weighted by molar-refractivity contribution is -0.115. The number of carbonyl (C=O) groups excluding carboxylic acids is 2. The number of amides is 2. The van der Waals surface area contributed by atoms with Crippen LogP contribution in [-0.2, 0) is 4.79 Å². The van der Waals surface area contributed by atoms with Crippen LogP contribution < -0.4 is 15.4 Å². The van der Waals surface area contributed by atoms with Crippen LogP contribution in [0.1, 0.15) is 43.1 Å². The number of rotatable bonds is 6. The van der Waals surface area contributed by atoms with Crippen LogP contribution in [0.5, 0.6) is 5.75 Å². The molecule has 0 fully saturated rings. The highest BCUT2D eigenvalue weighted by atomic mass is 16.5. The molecule has 0 radical (unpaired) electrons. The van der Waals surface area contributed by atoms with E-state index in [1.165, 1.54) is 0 Å². The van der Waals surface area contributed by atoms with E-state index < -0.39 is 0 Å². The second-order valence-corrected chi connectivity index (χ2v) is 6.02. The number of carbonyl (C=O) groups is 2. The van der Waals surface area contributed by atoms with Crippen LogP contribution >= 0.6 is 0 Å². The van der Waals surface area contributed by atoms with Crippen molar-refractivity contribution in [2.45, 2.75) is 40.2 Å². The third kappa shape index (κ3) is 5.08. The highest BCUT2D eigenvalue weighted by Crippen LogP contribution is 2.24. The van der Waals surface area contributed by atoms with E-state index in [9.17, 15) is 9.59 Å². The van der Waals surface area contributed by atoms with Gasteiger partial charge in [-0.1, -0.05) is 13.0 Å². The van der Waals surface area contributed by atoms with Gasteiger partial charge in [0, 0.05) is 23.4 Å². The van der Waals surface area contributed by atoms with Gasteiger partial charge >= 0.3 is 0 Å². The summed E-state index contributed by atoms with van der Waals surface area (Å²) in [5.74, 6) is 0.456. The van der Waals surface area contributed by atoms with E-state index in [-0.39, 0.29) is 17.9 Å². The van der Waals surface area contributed by atoms with Crippen LogP contribution in [0.15, 0.2) is 42.5 Å². The highest BCUT2D eigenvalue weighted by Gasteiger charge is 2.11. The second kappa shape index (κ2) is 8.33. The number of anilines is 2. The Bertz CT molecular complexity index is 752. The molecule has 0 aliphatic carbocycles. The van der Waals surface area contributed by atoms with Crippen molar-refractivity contribution in [1.82, 2.24) is 0 Å². The highest BCUT2D eigenvalue weighted by molar-refractivity contribution is 6.05. The number of hydrogen-bond donors (Lipinski definition) is 2. The van der Waals surface area contributed by atoms with Crippen LogP contribution in [-0.4, -0.2) is 17.9 Å². The van der Waals surface area contributed by atoms with Crippen molar-refractivity contribution < 1.29 is 14.3 Å². The molecule has 2 aromatic rings. The predicted molar refractivity (Wildman–Crippen MR) is 100 cm³/mol. The molecule has 0 aromatic heterocycles. The van der Waals surface area contributed by atoms with E-state index in [2.05, 4.69) is 10.6 Å². The molecule has 0 atom stereocenters. The van der Waals surface area contributed by atoms with E-state index >= 15 is 0 Å². The molecule has 0 heterocycles. The molecular weight excluding hydrogens is 316 g/mol. The molecular formula is C20H24N2O3. The summed E-state index contributed by atoms with van der Waals surface area (Å²) in [6, 6.07) is 12.4. The lowest BCUT2D eigenvalue weighted by atomic mass is 10.1. The maximum absolute atomic E-state index is 12.5. The smallest absolute Gasteiger partial charge is 0.255 e. The molecule has 0 spiro atoms. The quantitative estimate of drug-likeness (QED) is 0.820. The van der Waals surface area contributed by atoms with Gasteiger partial charge < -0.3 is 15.4 Å². The lowest BCUT2D eigenvalue weighted by Gasteiger charge is -2.14. The summed E-state index contributed by atoms with van der Waals surface area (Å²) in [6.45, 7) is 7.56. The van der Waals surface area contributed by atoms with E-state index in [1.807, 2.05) is 32.9 Å². The molecule has 2 rings (SSSR count). The summed E-state index contributed by atoms with van der Waals surface area (Å²) in [7, 11) is 0. The minimum atomic E-state index is -0.210. The van der Waals surface area contributed by atoms with Crippen molar-refractivity contribution >= 4 is 23.2 Å². The van der Waals surface area contributed by atoms with Gasteiger partial charge in [-0.2, -0.15) is 0 Å². The van der Waals surface area contributed by atoms with Crippen molar-refractivity contribution in [3.8, 4) is 5.75 Å². The first-order valence-electron chi connectivity index (χ1n) is 8.38. The Balaban J connectivity index is 2.12. The molecule has 5 heteroatoms. The molecule has 0 unspecified atom stereocenters. The van der Waals surface area contributed by atoms with E-state index in [1.54, 1.807) is 37.3 Å². The van der Waals surface area contributed by atoms with Crippen molar-refractivity contribution in [1.29, 1.82) is 0 Å². The number of ether oxygens (including phenoxy) is 1. The van der Waals surface area contributed by atoms with Crippen LogP contribution in [0.2, 0.25) is 0 Å². The summed E-state index contributed by atoms with van der Waals surface area (Å²) in [5, 5.41) is 5.72. The first-order chi connectivity index (χ1) is 11.9. The van der Waals surface area contributed by atoms with E-state index in [0.29, 0.717) is 23.4 Å². The molecule has 2 N–H and O–H groups in total. The topological polar surface area (TPSA) is 67.4 Å². The fourth-order valence-electron chi connectivity index (χ4n) is 2.30. The molecule has 132 valence electrons. The summed E-state index contributed by atoms with van der Waals surface area (Å²) in [4.78, 5) is 24.0. The monoisotopic (exact) mass is 340 g/mol. The number of benzene rings is 2. The fourth-order valence-corrected chi connectivity index (χ4v) is 2.30. The maximum atomic E-state index is 12.5. The zero-order valence-corrected chi connectivity index (χ0v) is 15.1. The van der Waals surface area contributed by atoms with Gasteiger partial charge in [-0.3, -0.25) is 9.59 Å². The van der Waals surface area contributed by atoms with Gasteiger partial charge in [0.1, 0.15) is 5.75 Å². The minimum Gasteiger partial charge on any atom is -0.491 e. The van der Waals surface area contributed by atoms with Gasteiger partial charge in [0.25, 0.3) is 5.91 Å². The zero-order valence-electron chi connectivity index (χ0n) is 15.1. The average Bonchev–Trinajstić information content (AvgIpc) is 2.58. The summed E-state index contributed by atoms with van der Waals surface area (Å²) < 4.78 is 5.58. The Labute approximate surface area is 148 Å². The minimum absolute atomic E-state index is 0.0627. The van der Waals surface area contributed by atoms with Gasteiger partial charge in [-0.25, -0.2) is 0 Å². The predicted octanol–water partition coefficient (Wildman–Crippen LogP) is 4.38. The van der Waals surface area contributed by atoms with Gasteiger partial charge in [0.15, 0.2) is 0 Å².